The summed E-state index contributed by atoms with van der Waals surface area (Å²) in [5.74, 6) is -0.323. The van der Waals surface area contributed by atoms with Crippen LogP contribution in [0.1, 0.15) is 60.3 Å². The van der Waals surface area contributed by atoms with Crippen LogP contribution >= 0.6 is 0 Å². The van der Waals surface area contributed by atoms with E-state index in [1.165, 1.54) is 5.57 Å². The van der Waals surface area contributed by atoms with Crippen molar-refractivity contribution in [2.24, 2.45) is 11.8 Å². The number of nitrogens with zero attached hydrogens (tertiary/aromatic N) is 1. The smallest absolute Gasteiger partial charge is 0.408 e. The van der Waals surface area contributed by atoms with Crippen molar-refractivity contribution in [1.29, 1.82) is 0 Å². The molecule has 36 heavy (non-hydrogen) atoms. The summed E-state index contributed by atoms with van der Waals surface area (Å²) < 4.78 is 24.1. The first-order valence-electron chi connectivity index (χ1n) is 13.3. The molecule has 206 valence electrons. The Morgan fingerprint density at radius 2 is 1.94 bits per heavy atom. The molecule has 7 atom stereocenters. The molecule has 0 bridgehead atoms. The van der Waals surface area contributed by atoms with E-state index in [1.807, 2.05) is 27.9 Å². The summed E-state index contributed by atoms with van der Waals surface area (Å²) >= 11 is 0. The van der Waals surface area contributed by atoms with Crippen molar-refractivity contribution in [2.45, 2.75) is 95.9 Å². The van der Waals surface area contributed by atoms with Crippen molar-refractivity contribution in [3.63, 3.8) is 0 Å². The standard InChI is InChI=1S/C27H47N3O6/c1-17(2)10-11-20-26(5,36-20)23-22(33-8)19(12-13-27(23)16-34-27)35-25(32)29-21(18(3)4)24(31)28-14-9-15-30(6)7/h10,18-23H,9,11-16H2,1-8H3,(H,28,31)(H,29,32)/t19-,20+,21-,22-,23-,26-,27+/m1/s1. The Kier molecular flexibility index (Phi) is 9.46. The first-order chi connectivity index (χ1) is 16.9. The number of hydrogen-bond donors (Lipinski definition) is 2. The molecule has 2 amide bonds. The normalized spacial score (nSPS) is 33.8. The summed E-state index contributed by atoms with van der Waals surface area (Å²) in [5.41, 5.74) is 0.587. The molecule has 0 aromatic rings. The van der Waals surface area contributed by atoms with Gasteiger partial charge in [-0.3, -0.25) is 4.79 Å². The summed E-state index contributed by atoms with van der Waals surface area (Å²) in [6.45, 7) is 12.2. The number of methoxy groups -OCH3 is 1. The summed E-state index contributed by atoms with van der Waals surface area (Å²) in [6.07, 6.45) is 3.98. The van der Waals surface area contributed by atoms with E-state index >= 15 is 0 Å². The zero-order valence-electron chi connectivity index (χ0n) is 23.4. The fourth-order valence-electron chi connectivity index (χ4n) is 5.62. The maximum Gasteiger partial charge on any atom is 0.408 e. The lowest BCUT2D eigenvalue weighted by molar-refractivity contribution is -0.125. The van der Waals surface area contributed by atoms with Crippen LogP contribution in [0.4, 0.5) is 4.79 Å². The molecule has 1 spiro atoms. The number of carbonyl (C=O) groups is 2. The zero-order chi connectivity index (χ0) is 26.7. The second-order valence-corrected chi connectivity index (χ2v) is 11.6. The van der Waals surface area contributed by atoms with Crippen LogP contribution in [0.2, 0.25) is 0 Å². The van der Waals surface area contributed by atoms with E-state index in [1.54, 1.807) is 7.11 Å². The van der Waals surface area contributed by atoms with E-state index < -0.39 is 23.8 Å². The monoisotopic (exact) mass is 509 g/mol. The highest BCUT2D eigenvalue weighted by molar-refractivity contribution is 5.85. The second kappa shape index (κ2) is 11.8. The number of nitrogens with one attached hydrogen (secondary N) is 2. The second-order valence-electron chi connectivity index (χ2n) is 11.6. The van der Waals surface area contributed by atoms with Gasteiger partial charge in [0, 0.05) is 13.7 Å². The first-order valence-corrected chi connectivity index (χ1v) is 13.3. The molecular formula is C27H47N3O6. The molecule has 0 aromatic carbocycles. The lowest BCUT2D eigenvalue weighted by atomic mass is 9.68. The summed E-state index contributed by atoms with van der Waals surface area (Å²) in [4.78, 5) is 27.8. The fourth-order valence-corrected chi connectivity index (χ4v) is 5.62. The van der Waals surface area contributed by atoms with Crippen LogP contribution < -0.4 is 10.6 Å². The highest BCUT2D eigenvalue weighted by atomic mass is 16.6. The minimum atomic E-state index is -0.673. The highest BCUT2D eigenvalue weighted by Crippen LogP contribution is 2.59. The molecule has 2 saturated heterocycles. The summed E-state index contributed by atoms with van der Waals surface area (Å²) in [7, 11) is 5.65. The Bertz CT molecular complexity index is 807. The Morgan fingerprint density at radius 3 is 2.50 bits per heavy atom. The topological polar surface area (TPSA) is 105 Å². The number of epoxide rings is 2. The molecule has 0 radical (unpaired) electrons. The molecule has 0 unspecified atom stereocenters. The van der Waals surface area contributed by atoms with E-state index in [9.17, 15) is 9.59 Å². The number of ether oxygens (including phenoxy) is 4. The van der Waals surface area contributed by atoms with E-state index in [0.717, 1.165) is 25.8 Å². The Hall–Kier alpha value is -1.68. The van der Waals surface area contributed by atoms with Gasteiger partial charge in [0.2, 0.25) is 5.91 Å². The SMILES string of the molecule is CO[C@@H]1[C@H](OC(=O)N[C@@H](C(=O)NCCCN(C)C)C(C)C)CC[C@]2(CO2)[C@H]1[C@]1(C)O[C@H]1CC=C(C)C. The first kappa shape index (κ1) is 28.9. The number of rotatable bonds is 12. The molecular weight excluding hydrogens is 462 g/mol. The summed E-state index contributed by atoms with van der Waals surface area (Å²) in [5, 5.41) is 5.72. The van der Waals surface area contributed by atoms with Gasteiger partial charge in [-0.15, -0.1) is 0 Å². The van der Waals surface area contributed by atoms with Gasteiger partial charge < -0.3 is 34.5 Å². The van der Waals surface area contributed by atoms with Gasteiger partial charge in [-0.25, -0.2) is 4.79 Å². The molecule has 9 nitrogen and oxygen atoms in total. The summed E-state index contributed by atoms with van der Waals surface area (Å²) in [6, 6.07) is -0.673. The molecule has 0 aromatic heterocycles. The van der Waals surface area contributed by atoms with Crippen molar-refractivity contribution >= 4 is 12.0 Å². The maximum atomic E-state index is 13.0. The maximum absolute atomic E-state index is 13.0. The van der Waals surface area contributed by atoms with Gasteiger partial charge in [0.25, 0.3) is 0 Å². The van der Waals surface area contributed by atoms with Gasteiger partial charge in [-0.2, -0.15) is 0 Å². The molecule has 2 heterocycles. The van der Waals surface area contributed by atoms with Crippen LogP contribution in [0.25, 0.3) is 0 Å². The Balaban J connectivity index is 1.62. The van der Waals surface area contributed by atoms with Crippen LogP contribution in [0, 0.1) is 11.8 Å². The fraction of sp³-hybridized carbons (Fsp3) is 0.852. The minimum absolute atomic E-state index is 0.0435. The minimum Gasteiger partial charge on any atom is -0.443 e. The third-order valence-electron chi connectivity index (χ3n) is 7.80. The van der Waals surface area contributed by atoms with Crippen molar-refractivity contribution in [3.8, 4) is 0 Å². The van der Waals surface area contributed by atoms with Gasteiger partial charge in [-0.1, -0.05) is 25.5 Å². The molecule has 1 saturated carbocycles. The molecule has 2 aliphatic heterocycles. The molecule has 1 aliphatic carbocycles. The molecule has 3 aliphatic rings. The van der Waals surface area contributed by atoms with E-state index in [4.69, 9.17) is 18.9 Å². The quantitative estimate of drug-likeness (QED) is 0.237. The van der Waals surface area contributed by atoms with Gasteiger partial charge in [0.05, 0.1) is 18.6 Å². The predicted octanol–water partition coefficient (Wildman–Crippen LogP) is 2.88. The molecule has 9 heteroatoms. The van der Waals surface area contributed by atoms with Gasteiger partial charge in [0.1, 0.15) is 29.5 Å². The molecule has 3 rings (SSSR count). The number of amides is 2. The zero-order valence-corrected chi connectivity index (χ0v) is 23.4. The highest BCUT2D eigenvalue weighted by Gasteiger charge is 2.72. The molecule has 2 N–H and O–H groups in total. The number of hydrogen-bond acceptors (Lipinski definition) is 7. The van der Waals surface area contributed by atoms with Crippen LogP contribution in [0.5, 0.6) is 0 Å². The Morgan fingerprint density at radius 1 is 1.25 bits per heavy atom. The Labute approximate surface area is 216 Å². The lowest BCUT2D eigenvalue weighted by Gasteiger charge is -2.42. The van der Waals surface area contributed by atoms with E-state index in [-0.39, 0.29) is 35.6 Å². The van der Waals surface area contributed by atoms with Crippen LogP contribution in [0.15, 0.2) is 11.6 Å². The van der Waals surface area contributed by atoms with Crippen molar-refractivity contribution in [3.05, 3.63) is 11.6 Å². The van der Waals surface area contributed by atoms with Crippen molar-refractivity contribution < 1.29 is 28.5 Å². The van der Waals surface area contributed by atoms with Crippen LogP contribution in [-0.4, -0.2) is 93.4 Å². The van der Waals surface area contributed by atoms with E-state index in [2.05, 4.69) is 42.4 Å². The average molecular weight is 510 g/mol. The van der Waals surface area contributed by atoms with Gasteiger partial charge in [-0.05, 0) is 73.0 Å². The third kappa shape index (κ3) is 6.79. The van der Waals surface area contributed by atoms with Gasteiger partial charge in [0.15, 0.2) is 0 Å². The predicted molar refractivity (Wildman–Crippen MR) is 138 cm³/mol. The molecule has 3 fully saturated rings. The van der Waals surface area contributed by atoms with Gasteiger partial charge >= 0.3 is 6.09 Å². The third-order valence-corrected chi connectivity index (χ3v) is 7.80. The van der Waals surface area contributed by atoms with Crippen molar-refractivity contribution in [1.82, 2.24) is 15.5 Å². The van der Waals surface area contributed by atoms with Crippen molar-refractivity contribution in [2.75, 3.05) is 40.9 Å². The number of allylic oxidation sites excluding steroid dienone is 1. The largest absolute Gasteiger partial charge is 0.443 e. The number of carbonyl (C=O) groups excluding carboxylic acids is 2. The van der Waals surface area contributed by atoms with Crippen LogP contribution in [0.3, 0.4) is 0 Å². The van der Waals surface area contributed by atoms with Crippen LogP contribution in [-0.2, 0) is 23.7 Å². The number of alkyl carbamates (subject to hydrolysis) is 1. The lowest BCUT2D eigenvalue weighted by Crippen LogP contribution is -2.57. The van der Waals surface area contributed by atoms with E-state index in [0.29, 0.717) is 19.6 Å². The average Bonchev–Trinajstić information content (AvgIpc) is 3.71.